The highest BCUT2D eigenvalue weighted by Crippen LogP contribution is 2.31. The van der Waals surface area contributed by atoms with E-state index in [1.807, 2.05) is 31.3 Å². The van der Waals surface area contributed by atoms with Crippen LogP contribution in [0.3, 0.4) is 0 Å². The number of halogens is 1. The fourth-order valence-corrected chi connectivity index (χ4v) is 2.07. The number of ether oxygens (including phenoxy) is 1. The normalized spacial score (nSPS) is 12.5. The largest absolute Gasteiger partial charge is 0.493 e. The molecule has 0 saturated carbocycles. The summed E-state index contributed by atoms with van der Waals surface area (Å²) in [7, 11) is 3.42. The van der Waals surface area contributed by atoms with E-state index in [2.05, 4.69) is 5.10 Å². The number of benzene rings is 1. The van der Waals surface area contributed by atoms with Crippen molar-refractivity contribution in [1.82, 2.24) is 9.78 Å². The van der Waals surface area contributed by atoms with E-state index in [1.54, 1.807) is 18.0 Å². The molecule has 0 amide bonds. The van der Waals surface area contributed by atoms with Crippen LogP contribution in [0, 0.1) is 0 Å². The molecule has 0 saturated heterocycles. The lowest BCUT2D eigenvalue weighted by molar-refractivity contribution is 0.406. The van der Waals surface area contributed by atoms with Crippen LogP contribution >= 0.6 is 11.6 Å². The van der Waals surface area contributed by atoms with Crippen molar-refractivity contribution in [2.24, 2.45) is 12.8 Å². The van der Waals surface area contributed by atoms with Gasteiger partial charge >= 0.3 is 0 Å². The molecule has 1 unspecified atom stereocenters. The minimum absolute atomic E-state index is 0.355. The minimum atomic E-state index is -0.355. The Bertz CT molecular complexity index is 524. The number of rotatable bonds is 3. The molecule has 1 heterocycles. The SMILES string of the molecule is COc1cnn(C)c1C(N)c1ccccc1Cl. The zero-order chi connectivity index (χ0) is 12.4. The van der Waals surface area contributed by atoms with Gasteiger partial charge in [0.05, 0.1) is 19.3 Å². The van der Waals surface area contributed by atoms with Gasteiger partial charge in [0.1, 0.15) is 5.69 Å². The zero-order valence-electron chi connectivity index (χ0n) is 9.72. The first-order chi connectivity index (χ1) is 8.15. The van der Waals surface area contributed by atoms with Crippen LogP contribution in [0.5, 0.6) is 5.75 Å². The average molecular weight is 252 g/mol. The predicted octanol–water partition coefficient (Wildman–Crippen LogP) is 2.13. The van der Waals surface area contributed by atoms with Crippen LogP contribution < -0.4 is 10.5 Å². The quantitative estimate of drug-likeness (QED) is 0.909. The second-order valence-corrected chi connectivity index (χ2v) is 4.13. The maximum absolute atomic E-state index is 6.21. The first-order valence-electron chi connectivity index (χ1n) is 5.21. The second-order valence-electron chi connectivity index (χ2n) is 3.72. The average Bonchev–Trinajstić information content (AvgIpc) is 2.70. The Hall–Kier alpha value is -1.52. The Morgan fingerprint density at radius 1 is 1.41 bits per heavy atom. The monoisotopic (exact) mass is 251 g/mol. The van der Waals surface area contributed by atoms with Crippen molar-refractivity contribution in [2.45, 2.75) is 6.04 Å². The van der Waals surface area contributed by atoms with Crippen LogP contribution in [0.1, 0.15) is 17.3 Å². The third kappa shape index (κ3) is 2.14. The van der Waals surface area contributed by atoms with Crippen LogP contribution in [-0.4, -0.2) is 16.9 Å². The van der Waals surface area contributed by atoms with Gasteiger partial charge in [-0.3, -0.25) is 4.68 Å². The molecular weight excluding hydrogens is 238 g/mol. The molecule has 5 heteroatoms. The van der Waals surface area contributed by atoms with E-state index in [4.69, 9.17) is 22.1 Å². The van der Waals surface area contributed by atoms with E-state index in [0.29, 0.717) is 10.8 Å². The predicted molar refractivity (Wildman–Crippen MR) is 67.2 cm³/mol. The Kier molecular flexibility index (Phi) is 3.36. The number of nitrogens with zero attached hydrogens (tertiary/aromatic N) is 2. The Morgan fingerprint density at radius 2 is 2.12 bits per heavy atom. The van der Waals surface area contributed by atoms with Gasteiger partial charge in [-0.05, 0) is 11.6 Å². The molecule has 0 aliphatic rings. The molecule has 0 aliphatic carbocycles. The highest BCUT2D eigenvalue weighted by Gasteiger charge is 2.20. The maximum atomic E-state index is 6.21. The fraction of sp³-hybridized carbons (Fsp3) is 0.250. The van der Waals surface area contributed by atoms with E-state index >= 15 is 0 Å². The Morgan fingerprint density at radius 3 is 2.76 bits per heavy atom. The standard InChI is InChI=1S/C12H14ClN3O/c1-16-12(10(17-2)7-15-16)11(14)8-5-3-4-6-9(8)13/h3-7,11H,14H2,1-2H3. The van der Waals surface area contributed by atoms with Crippen LogP contribution in [0.2, 0.25) is 5.02 Å². The summed E-state index contributed by atoms with van der Waals surface area (Å²) in [6.07, 6.45) is 1.64. The number of nitrogens with two attached hydrogens (primary N) is 1. The summed E-state index contributed by atoms with van der Waals surface area (Å²) in [5.41, 5.74) is 7.88. The third-order valence-electron chi connectivity index (χ3n) is 2.70. The molecule has 1 atom stereocenters. The molecule has 0 fully saturated rings. The molecule has 1 aromatic heterocycles. The van der Waals surface area contributed by atoms with Gasteiger partial charge in [-0.25, -0.2) is 0 Å². The van der Waals surface area contributed by atoms with Crippen molar-refractivity contribution in [3.05, 3.63) is 46.7 Å². The number of methoxy groups -OCH3 is 1. The summed E-state index contributed by atoms with van der Waals surface area (Å²) in [5.74, 6) is 0.667. The fourth-order valence-electron chi connectivity index (χ4n) is 1.81. The van der Waals surface area contributed by atoms with Gasteiger partial charge < -0.3 is 10.5 Å². The molecule has 2 rings (SSSR count). The lowest BCUT2D eigenvalue weighted by Gasteiger charge is -2.15. The molecule has 1 aromatic carbocycles. The molecule has 0 bridgehead atoms. The first-order valence-corrected chi connectivity index (χ1v) is 5.59. The molecule has 0 spiro atoms. The summed E-state index contributed by atoms with van der Waals surface area (Å²) in [4.78, 5) is 0. The smallest absolute Gasteiger partial charge is 0.161 e. The van der Waals surface area contributed by atoms with E-state index < -0.39 is 0 Å². The van der Waals surface area contributed by atoms with Gasteiger partial charge in [0, 0.05) is 12.1 Å². The van der Waals surface area contributed by atoms with Gasteiger partial charge in [0.25, 0.3) is 0 Å². The Balaban J connectivity index is 2.47. The summed E-state index contributed by atoms with van der Waals surface area (Å²) in [6, 6.07) is 7.15. The Labute approximate surface area is 105 Å². The van der Waals surface area contributed by atoms with Gasteiger partial charge in [-0.15, -0.1) is 0 Å². The summed E-state index contributed by atoms with van der Waals surface area (Å²) in [6.45, 7) is 0. The summed E-state index contributed by atoms with van der Waals surface area (Å²) < 4.78 is 6.94. The van der Waals surface area contributed by atoms with Gasteiger partial charge in [0.15, 0.2) is 5.75 Å². The molecule has 0 radical (unpaired) electrons. The second kappa shape index (κ2) is 4.77. The first kappa shape index (κ1) is 12.0. The van der Waals surface area contributed by atoms with E-state index in [-0.39, 0.29) is 6.04 Å². The topological polar surface area (TPSA) is 53.1 Å². The molecule has 2 N–H and O–H groups in total. The van der Waals surface area contributed by atoms with Crippen molar-refractivity contribution < 1.29 is 4.74 Å². The number of aryl methyl sites for hydroxylation is 1. The maximum Gasteiger partial charge on any atom is 0.161 e. The molecule has 4 nitrogen and oxygen atoms in total. The van der Waals surface area contributed by atoms with Gasteiger partial charge in [0.2, 0.25) is 0 Å². The lowest BCUT2D eigenvalue weighted by Crippen LogP contribution is -2.17. The van der Waals surface area contributed by atoms with Crippen molar-refractivity contribution >= 4 is 11.6 Å². The van der Waals surface area contributed by atoms with Crippen molar-refractivity contribution in [2.75, 3.05) is 7.11 Å². The van der Waals surface area contributed by atoms with Crippen molar-refractivity contribution in [3.63, 3.8) is 0 Å². The van der Waals surface area contributed by atoms with E-state index in [0.717, 1.165) is 11.3 Å². The number of hydrogen-bond acceptors (Lipinski definition) is 3. The summed E-state index contributed by atoms with van der Waals surface area (Å²) in [5, 5.41) is 4.77. The van der Waals surface area contributed by atoms with Crippen LogP contribution in [-0.2, 0) is 7.05 Å². The lowest BCUT2D eigenvalue weighted by atomic mass is 10.0. The number of aromatic nitrogens is 2. The third-order valence-corrected chi connectivity index (χ3v) is 3.05. The van der Waals surface area contributed by atoms with Crippen LogP contribution in [0.15, 0.2) is 30.5 Å². The number of hydrogen-bond donors (Lipinski definition) is 1. The highest BCUT2D eigenvalue weighted by atomic mass is 35.5. The van der Waals surface area contributed by atoms with Crippen LogP contribution in [0.25, 0.3) is 0 Å². The molecule has 17 heavy (non-hydrogen) atoms. The van der Waals surface area contributed by atoms with Crippen molar-refractivity contribution in [3.8, 4) is 5.75 Å². The molecular formula is C12H14ClN3O. The zero-order valence-corrected chi connectivity index (χ0v) is 10.5. The van der Waals surface area contributed by atoms with E-state index in [1.165, 1.54) is 0 Å². The highest BCUT2D eigenvalue weighted by molar-refractivity contribution is 6.31. The van der Waals surface area contributed by atoms with Crippen molar-refractivity contribution in [1.29, 1.82) is 0 Å². The molecule has 90 valence electrons. The van der Waals surface area contributed by atoms with Crippen LogP contribution in [0.4, 0.5) is 0 Å². The molecule has 2 aromatic rings. The molecule has 0 aliphatic heterocycles. The van der Waals surface area contributed by atoms with Gasteiger partial charge in [-0.2, -0.15) is 5.10 Å². The summed E-state index contributed by atoms with van der Waals surface area (Å²) >= 11 is 6.13. The van der Waals surface area contributed by atoms with Gasteiger partial charge in [-0.1, -0.05) is 29.8 Å². The van der Waals surface area contributed by atoms with E-state index in [9.17, 15) is 0 Å². The minimum Gasteiger partial charge on any atom is -0.493 e.